The van der Waals surface area contributed by atoms with E-state index in [0.717, 1.165) is 34.2 Å². The normalized spacial score (nSPS) is 19.1. The highest BCUT2D eigenvalue weighted by Crippen LogP contribution is 2.36. The summed E-state index contributed by atoms with van der Waals surface area (Å²) in [5.41, 5.74) is 1.60. The Morgan fingerprint density at radius 1 is 1.18 bits per heavy atom. The molecule has 0 unspecified atom stereocenters. The Morgan fingerprint density at radius 3 is 2.54 bits per heavy atom. The lowest BCUT2D eigenvalue weighted by Crippen LogP contribution is -2.40. The molecule has 0 bridgehead atoms. The number of rotatable bonds is 6. The van der Waals surface area contributed by atoms with Gasteiger partial charge in [-0.25, -0.2) is 4.79 Å². The topological polar surface area (TPSA) is 50.4 Å². The molecule has 1 fully saturated rings. The molecule has 1 aliphatic carbocycles. The summed E-state index contributed by atoms with van der Waals surface area (Å²) in [4.78, 5) is 13.4. The molecular formula is C22H28N2O2S2. The zero-order valence-electron chi connectivity index (χ0n) is 16.5. The Hall–Kier alpha value is -1.92. The quantitative estimate of drug-likeness (QED) is 0.457. The second-order valence-electron chi connectivity index (χ2n) is 7.16. The van der Waals surface area contributed by atoms with Crippen LogP contribution in [0.2, 0.25) is 0 Å². The van der Waals surface area contributed by atoms with E-state index < -0.39 is 0 Å². The number of anilines is 1. The number of carbonyl (C=O) groups is 1. The van der Waals surface area contributed by atoms with Gasteiger partial charge in [0, 0.05) is 10.9 Å². The Bertz CT molecular complexity index is 796. The van der Waals surface area contributed by atoms with Crippen molar-refractivity contribution < 1.29 is 9.53 Å². The monoisotopic (exact) mass is 416 g/mol. The van der Waals surface area contributed by atoms with E-state index >= 15 is 0 Å². The van der Waals surface area contributed by atoms with Gasteiger partial charge in [-0.15, -0.1) is 11.3 Å². The first-order valence-corrected chi connectivity index (χ1v) is 11.3. The van der Waals surface area contributed by atoms with Crippen LogP contribution in [0.15, 0.2) is 36.4 Å². The lowest BCUT2D eigenvalue weighted by Gasteiger charge is -2.29. The van der Waals surface area contributed by atoms with E-state index in [4.69, 9.17) is 17.0 Å². The number of hydrogen-bond donors (Lipinski definition) is 2. The molecule has 4 nitrogen and oxygen atoms in total. The summed E-state index contributed by atoms with van der Waals surface area (Å²) < 4.78 is 5.24. The minimum absolute atomic E-state index is 0.324. The van der Waals surface area contributed by atoms with Crippen LogP contribution in [0.4, 0.5) is 5.00 Å². The largest absolute Gasteiger partial charge is 0.462 e. The average Bonchev–Trinajstić information content (AvgIpc) is 3.13. The van der Waals surface area contributed by atoms with E-state index in [9.17, 15) is 4.79 Å². The number of hydrogen-bond acceptors (Lipinski definition) is 4. The number of benzene rings is 1. The van der Waals surface area contributed by atoms with Crippen molar-refractivity contribution >= 4 is 39.6 Å². The first-order valence-electron chi connectivity index (χ1n) is 10.0. The lowest BCUT2D eigenvalue weighted by molar-refractivity contribution is 0.0528. The molecule has 6 heteroatoms. The van der Waals surface area contributed by atoms with Crippen LogP contribution in [0, 0.1) is 5.92 Å². The van der Waals surface area contributed by atoms with Crippen LogP contribution >= 0.6 is 23.6 Å². The second kappa shape index (κ2) is 10.0. The highest BCUT2D eigenvalue weighted by atomic mass is 32.1. The fourth-order valence-electron chi connectivity index (χ4n) is 3.63. The van der Waals surface area contributed by atoms with E-state index in [-0.39, 0.29) is 5.97 Å². The highest BCUT2D eigenvalue weighted by molar-refractivity contribution is 7.80. The van der Waals surface area contributed by atoms with Gasteiger partial charge in [-0.05, 0) is 62.4 Å². The number of esters is 1. The van der Waals surface area contributed by atoms with Crippen LogP contribution in [0.25, 0.3) is 10.4 Å². The predicted molar refractivity (Wildman–Crippen MR) is 121 cm³/mol. The summed E-state index contributed by atoms with van der Waals surface area (Å²) in [7, 11) is 0. The third kappa shape index (κ3) is 5.32. The average molecular weight is 417 g/mol. The maximum atomic E-state index is 12.4. The molecule has 2 aromatic rings. The minimum atomic E-state index is -0.324. The summed E-state index contributed by atoms with van der Waals surface area (Å²) in [5, 5.41) is 7.99. The van der Waals surface area contributed by atoms with E-state index in [1.807, 2.05) is 43.3 Å². The number of thiocarbonyl (C=S) groups is 1. The molecule has 0 radical (unpaired) electrons. The van der Waals surface area contributed by atoms with Crippen LogP contribution in [0.3, 0.4) is 0 Å². The molecule has 1 aromatic heterocycles. The van der Waals surface area contributed by atoms with Crippen LogP contribution < -0.4 is 10.6 Å². The zero-order chi connectivity index (χ0) is 19.9. The van der Waals surface area contributed by atoms with Crippen molar-refractivity contribution in [2.75, 3.05) is 11.9 Å². The van der Waals surface area contributed by atoms with Gasteiger partial charge in [0.1, 0.15) is 5.00 Å². The second-order valence-corrected chi connectivity index (χ2v) is 8.62. The molecule has 28 heavy (non-hydrogen) atoms. The molecule has 0 atom stereocenters. The summed E-state index contributed by atoms with van der Waals surface area (Å²) in [6.07, 6.45) is 6.05. The fraction of sp³-hybridized carbons (Fsp3) is 0.455. The summed E-state index contributed by atoms with van der Waals surface area (Å²) in [5.74, 6) is 0.524. The van der Waals surface area contributed by atoms with Crippen molar-refractivity contribution in [3.63, 3.8) is 0 Å². The van der Waals surface area contributed by atoms with Gasteiger partial charge < -0.3 is 15.4 Å². The smallest absolute Gasteiger partial charge is 0.341 e. The van der Waals surface area contributed by atoms with Crippen molar-refractivity contribution in [1.29, 1.82) is 0 Å². The van der Waals surface area contributed by atoms with Crippen LogP contribution in [0.5, 0.6) is 0 Å². The van der Waals surface area contributed by atoms with Gasteiger partial charge in [0.05, 0.1) is 12.2 Å². The molecule has 1 heterocycles. The van der Waals surface area contributed by atoms with Gasteiger partial charge in [0.2, 0.25) is 0 Å². The van der Waals surface area contributed by atoms with Crippen molar-refractivity contribution in [1.82, 2.24) is 5.32 Å². The Labute approximate surface area is 176 Å². The molecule has 3 rings (SSSR count). The van der Waals surface area contributed by atoms with Crippen LogP contribution in [0.1, 0.15) is 56.3 Å². The Balaban J connectivity index is 1.71. The van der Waals surface area contributed by atoms with Gasteiger partial charge in [0.15, 0.2) is 5.11 Å². The molecule has 1 aliphatic rings. The van der Waals surface area contributed by atoms with Gasteiger partial charge >= 0.3 is 5.97 Å². The number of thiophene rings is 1. The molecule has 0 amide bonds. The summed E-state index contributed by atoms with van der Waals surface area (Å²) in [6, 6.07) is 12.3. The first kappa shape index (κ1) is 20.8. The fourth-order valence-corrected chi connectivity index (χ4v) is 5.02. The van der Waals surface area contributed by atoms with Crippen molar-refractivity contribution in [3.05, 3.63) is 42.0 Å². The van der Waals surface area contributed by atoms with Crippen molar-refractivity contribution in [2.45, 2.75) is 52.0 Å². The van der Waals surface area contributed by atoms with Gasteiger partial charge in [-0.2, -0.15) is 0 Å². The third-order valence-corrected chi connectivity index (χ3v) is 6.59. The maximum Gasteiger partial charge on any atom is 0.341 e. The molecule has 2 N–H and O–H groups in total. The van der Waals surface area contributed by atoms with Crippen molar-refractivity contribution in [2.24, 2.45) is 5.92 Å². The summed E-state index contributed by atoms with van der Waals surface area (Å²) in [6.45, 7) is 4.43. The van der Waals surface area contributed by atoms with E-state index in [1.165, 1.54) is 30.6 Å². The molecule has 0 spiro atoms. The Kier molecular flexibility index (Phi) is 7.45. The lowest BCUT2D eigenvalue weighted by atomic mass is 9.85. The van der Waals surface area contributed by atoms with Crippen molar-refractivity contribution in [3.8, 4) is 10.4 Å². The van der Waals surface area contributed by atoms with Gasteiger partial charge in [-0.1, -0.05) is 43.7 Å². The standard InChI is InChI=1S/C22H28N2O2S2/c1-3-15-10-12-17(13-11-15)23-22(27)24-20-18(21(25)26-4-2)14-19(28-20)16-8-6-5-7-9-16/h5-9,14-15,17H,3-4,10-13H2,1-2H3,(H2,23,24,27). The predicted octanol–water partition coefficient (Wildman–Crippen LogP) is 5.85. The van der Waals surface area contributed by atoms with Crippen LogP contribution in [-0.4, -0.2) is 23.7 Å². The van der Waals surface area contributed by atoms with Crippen LogP contribution in [-0.2, 0) is 4.74 Å². The number of ether oxygens (including phenoxy) is 1. The van der Waals surface area contributed by atoms with Gasteiger partial charge in [-0.3, -0.25) is 0 Å². The number of nitrogens with one attached hydrogen (secondary N) is 2. The summed E-state index contributed by atoms with van der Waals surface area (Å²) >= 11 is 7.07. The SMILES string of the molecule is CCOC(=O)c1cc(-c2ccccc2)sc1NC(=S)NC1CCC(CC)CC1. The maximum absolute atomic E-state index is 12.4. The Morgan fingerprint density at radius 2 is 1.89 bits per heavy atom. The third-order valence-electron chi connectivity index (χ3n) is 5.27. The highest BCUT2D eigenvalue weighted by Gasteiger charge is 2.22. The molecule has 0 aliphatic heterocycles. The number of carbonyl (C=O) groups excluding carboxylic acids is 1. The van der Waals surface area contributed by atoms with E-state index in [1.54, 1.807) is 0 Å². The minimum Gasteiger partial charge on any atom is -0.462 e. The van der Waals surface area contributed by atoms with E-state index in [0.29, 0.717) is 23.3 Å². The molecule has 0 saturated heterocycles. The van der Waals surface area contributed by atoms with E-state index in [2.05, 4.69) is 17.6 Å². The zero-order valence-corrected chi connectivity index (χ0v) is 18.1. The molecule has 1 aromatic carbocycles. The first-order chi connectivity index (χ1) is 13.6. The molecule has 1 saturated carbocycles. The molecule has 150 valence electrons. The van der Waals surface area contributed by atoms with Gasteiger partial charge in [0.25, 0.3) is 0 Å². The molecular weight excluding hydrogens is 388 g/mol.